The molecule has 80 valence electrons. The van der Waals surface area contributed by atoms with Gasteiger partial charge >= 0.3 is 0 Å². The van der Waals surface area contributed by atoms with E-state index >= 15 is 0 Å². The van der Waals surface area contributed by atoms with E-state index in [0.717, 1.165) is 11.4 Å². The smallest absolute Gasteiger partial charge is 0.0555 e. The van der Waals surface area contributed by atoms with Crippen LogP contribution in [0.5, 0.6) is 0 Å². The third-order valence-corrected chi connectivity index (χ3v) is 3.26. The molecule has 2 aromatic carbocycles. The summed E-state index contributed by atoms with van der Waals surface area (Å²) < 4.78 is 0. The molecule has 0 amide bonds. The number of nitrogens with one attached hydrogen (secondary N) is 1. The SMILES string of the molecule is Clc1ccc2c(c1)NC(c1ccccc1)C2. The summed E-state index contributed by atoms with van der Waals surface area (Å²) in [7, 11) is 0. The maximum absolute atomic E-state index is 5.98. The predicted molar refractivity (Wildman–Crippen MR) is 68.0 cm³/mol. The van der Waals surface area contributed by atoms with Gasteiger partial charge in [-0.2, -0.15) is 0 Å². The van der Waals surface area contributed by atoms with E-state index in [1.54, 1.807) is 0 Å². The molecule has 0 saturated heterocycles. The predicted octanol–water partition coefficient (Wildman–Crippen LogP) is 4.05. The first kappa shape index (κ1) is 9.73. The molecule has 0 fully saturated rings. The second-order valence-electron chi connectivity index (χ2n) is 4.11. The minimum atomic E-state index is 0.384. The Balaban J connectivity index is 1.91. The van der Waals surface area contributed by atoms with E-state index in [0.29, 0.717) is 6.04 Å². The van der Waals surface area contributed by atoms with Gasteiger partial charge in [0.15, 0.2) is 0 Å². The summed E-state index contributed by atoms with van der Waals surface area (Å²) in [5.41, 5.74) is 3.84. The Bertz CT molecular complexity index is 507. The van der Waals surface area contributed by atoms with Crippen molar-refractivity contribution in [1.29, 1.82) is 0 Å². The molecular formula is C14H12ClN. The second kappa shape index (κ2) is 3.84. The van der Waals surface area contributed by atoms with Gasteiger partial charge in [0.2, 0.25) is 0 Å². The van der Waals surface area contributed by atoms with E-state index in [1.165, 1.54) is 16.8 Å². The van der Waals surface area contributed by atoms with Gasteiger partial charge < -0.3 is 5.32 Å². The quantitative estimate of drug-likeness (QED) is 0.778. The first-order valence-corrected chi connectivity index (χ1v) is 5.80. The zero-order valence-electron chi connectivity index (χ0n) is 8.78. The average Bonchev–Trinajstić information content (AvgIpc) is 2.73. The highest BCUT2D eigenvalue weighted by Crippen LogP contribution is 2.35. The number of benzene rings is 2. The summed E-state index contributed by atoms with van der Waals surface area (Å²) in [6, 6.07) is 17.0. The number of halogens is 1. The van der Waals surface area contributed by atoms with Crippen LogP contribution in [0.3, 0.4) is 0 Å². The molecule has 16 heavy (non-hydrogen) atoms. The molecule has 1 aliphatic heterocycles. The lowest BCUT2D eigenvalue weighted by molar-refractivity contribution is 0.824. The third kappa shape index (κ3) is 1.68. The highest BCUT2D eigenvalue weighted by Gasteiger charge is 2.21. The van der Waals surface area contributed by atoms with Crippen LogP contribution in [0.25, 0.3) is 0 Å². The van der Waals surface area contributed by atoms with Crippen molar-refractivity contribution in [2.24, 2.45) is 0 Å². The molecule has 1 nitrogen and oxygen atoms in total. The van der Waals surface area contributed by atoms with E-state index in [2.05, 4.69) is 35.6 Å². The van der Waals surface area contributed by atoms with Gasteiger partial charge in [-0.3, -0.25) is 0 Å². The van der Waals surface area contributed by atoms with Crippen molar-refractivity contribution < 1.29 is 0 Å². The maximum Gasteiger partial charge on any atom is 0.0555 e. The van der Waals surface area contributed by atoms with Crippen molar-refractivity contribution >= 4 is 17.3 Å². The van der Waals surface area contributed by atoms with E-state index in [4.69, 9.17) is 11.6 Å². The minimum Gasteiger partial charge on any atom is -0.378 e. The lowest BCUT2D eigenvalue weighted by Crippen LogP contribution is -2.04. The minimum absolute atomic E-state index is 0.384. The van der Waals surface area contributed by atoms with Crippen molar-refractivity contribution in [3.8, 4) is 0 Å². The molecule has 1 aliphatic rings. The highest BCUT2D eigenvalue weighted by molar-refractivity contribution is 6.30. The summed E-state index contributed by atoms with van der Waals surface area (Å²) in [4.78, 5) is 0. The molecule has 1 atom stereocenters. The standard InChI is InChI=1S/C14H12ClN/c15-12-7-6-11-8-13(16-14(11)9-12)10-4-2-1-3-5-10/h1-7,9,13,16H,8H2. The van der Waals surface area contributed by atoms with Gasteiger partial charge in [-0.25, -0.2) is 0 Å². The van der Waals surface area contributed by atoms with Crippen LogP contribution in [0, 0.1) is 0 Å². The van der Waals surface area contributed by atoms with Gasteiger partial charge in [0, 0.05) is 10.7 Å². The Morgan fingerprint density at radius 2 is 1.88 bits per heavy atom. The van der Waals surface area contributed by atoms with Crippen LogP contribution in [-0.4, -0.2) is 0 Å². The topological polar surface area (TPSA) is 12.0 Å². The van der Waals surface area contributed by atoms with Crippen LogP contribution >= 0.6 is 11.6 Å². The van der Waals surface area contributed by atoms with Crippen LogP contribution in [0.1, 0.15) is 17.2 Å². The second-order valence-corrected chi connectivity index (χ2v) is 4.55. The van der Waals surface area contributed by atoms with Crippen molar-refractivity contribution in [3.63, 3.8) is 0 Å². The van der Waals surface area contributed by atoms with Crippen molar-refractivity contribution in [2.45, 2.75) is 12.5 Å². The lowest BCUT2D eigenvalue weighted by atomic mass is 10.0. The van der Waals surface area contributed by atoms with Gasteiger partial charge in [-0.05, 0) is 29.7 Å². The van der Waals surface area contributed by atoms with Crippen molar-refractivity contribution in [3.05, 3.63) is 64.7 Å². The lowest BCUT2D eigenvalue weighted by Gasteiger charge is -2.10. The number of rotatable bonds is 1. The molecule has 0 aromatic heterocycles. The van der Waals surface area contributed by atoms with Crippen LogP contribution in [0.2, 0.25) is 5.02 Å². The average molecular weight is 230 g/mol. The molecule has 0 aliphatic carbocycles. The summed E-state index contributed by atoms with van der Waals surface area (Å²) in [5.74, 6) is 0. The number of fused-ring (bicyclic) bond motifs is 1. The van der Waals surface area contributed by atoms with Crippen molar-refractivity contribution in [2.75, 3.05) is 5.32 Å². The third-order valence-electron chi connectivity index (χ3n) is 3.03. The normalized spacial score (nSPS) is 17.9. The molecule has 0 saturated carbocycles. The zero-order valence-corrected chi connectivity index (χ0v) is 9.54. The van der Waals surface area contributed by atoms with Gasteiger partial charge in [0.05, 0.1) is 6.04 Å². The summed E-state index contributed by atoms with van der Waals surface area (Å²) in [6.45, 7) is 0. The van der Waals surface area contributed by atoms with Gasteiger partial charge in [0.1, 0.15) is 0 Å². The fourth-order valence-corrected chi connectivity index (χ4v) is 2.38. The molecule has 0 radical (unpaired) electrons. The molecule has 1 N–H and O–H groups in total. The largest absolute Gasteiger partial charge is 0.378 e. The maximum atomic E-state index is 5.98. The van der Waals surface area contributed by atoms with Crippen molar-refractivity contribution in [1.82, 2.24) is 0 Å². The van der Waals surface area contributed by atoms with E-state index in [9.17, 15) is 0 Å². The van der Waals surface area contributed by atoms with Crippen LogP contribution in [-0.2, 0) is 6.42 Å². The highest BCUT2D eigenvalue weighted by atomic mass is 35.5. The molecule has 0 bridgehead atoms. The summed E-state index contributed by atoms with van der Waals surface area (Å²) in [5, 5.41) is 4.30. The fraction of sp³-hybridized carbons (Fsp3) is 0.143. The fourth-order valence-electron chi connectivity index (χ4n) is 2.21. The van der Waals surface area contributed by atoms with E-state index in [1.807, 2.05) is 18.2 Å². The molecule has 0 spiro atoms. The van der Waals surface area contributed by atoms with E-state index < -0.39 is 0 Å². The number of hydrogen-bond donors (Lipinski definition) is 1. The summed E-state index contributed by atoms with van der Waals surface area (Å²) in [6.07, 6.45) is 1.04. The Morgan fingerprint density at radius 1 is 1.06 bits per heavy atom. The molecular weight excluding hydrogens is 218 g/mol. The zero-order chi connectivity index (χ0) is 11.0. The number of hydrogen-bond acceptors (Lipinski definition) is 1. The van der Waals surface area contributed by atoms with E-state index in [-0.39, 0.29) is 0 Å². The molecule has 3 rings (SSSR count). The van der Waals surface area contributed by atoms with Gasteiger partial charge in [-0.15, -0.1) is 0 Å². The Labute approximate surface area is 100 Å². The Kier molecular flexibility index (Phi) is 2.33. The van der Waals surface area contributed by atoms with Gasteiger partial charge in [-0.1, -0.05) is 48.0 Å². The van der Waals surface area contributed by atoms with Crippen LogP contribution < -0.4 is 5.32 Å². The Hall–Kier alpha value is -1.47. The first-order valence-electron chi connectivity index (χ1n) is 5.43. The molecule has 2 heteroatoms. The molecule has 2 aromatic rings. The monoisotopic (exact) mass is 229 g/mol. The van der Waals surface area contributed by atoms with Gasteiger partial charge in [0.25, 0.3) is 0 Å². The molecule has 1 unspecified atom stereocenters. The Morgan fingerprint density at radius 3 is 2.69 bits per heavy atom. The summed E-state index contributed by atoms with van der Waals surface area (Å²) >= 11 is 5.98. The molecule has 1 heterocycles. The van der Waals surface area contributed by atoms with Crippen LogP contribution in [0.4, 0.5) is 5.69 Å². The first-order chi connectivity index (χ1) is 7.83. The number of anilines is 1. The van der Waals surface area contributed by atoms with Crippen LogP contribution in [0.15, 0.2) is 48.5 Å².